The molecule has 0 bridgehead atoms. The van der Waals surface area contributed by atoms with Gasteiger partial charge in [-0.25, -0.2) is 0 Å². The minimum atomic E-state index is 0.0628. The average Bonchev–Trinajstić information content (AvgIpc) is 2.78. The zero-order chi connectivity index (χ0) is 10.7. The summed E-state index contributed by atoms with van der Waals surface area (Å²) in [6.45, 7) is 2.09. The Bertz CT molecular complexity index is 461. The molecule has 3 heteroatoms. The number of pyridine rings is 1. The van der Waals surface area contributed by atoms with Crippen LogP contribution in [-0.4, -0.2) is 10.8 Å². The number of aromatic nitrogens is 1. The Morgan fingerprint density at radius 3 is 2.87 bits per heavy atom. The van der Waals surface area contributed by atoms with E-state index in [1.807, 2.05) is 12.1 Å². The molecule has 0 aliphatic rings. The molecule has 0 aliphatic carbocycles. The van der Waals surface area contributed by atoms with E-state index in [9.17, 15) is 4.79 Å². The Morgan fingerprint density at radius 1 is 1.40 bits per heavy atom. The van der Waals surface area contributed by atoms with Crippen LogP contribution in [0.4, 0.5) is 0 Å². The molecule has 0 N–H and O–H groups in total. The summed E-state index contributed by atoms with van der Waals surface area (Å²) in [5.41, 5.74) is 0.655. The molecule has 15 heavy (non-hydrogen) atoms. The maximum Gasteiger partial charge on any atom is 0.204 e. The van der Waals surface area contributed by atoms with Crippen LogP contribution in [0.5, 0.6) is 0 Å². The third-order valence-corrected chi connectivity index (χ3v) is 3.39. The Labute approximate surface area is 92.6 Å². The van der Waals surface area contributed by atoms with E-state index in [0.717, 1.165) is 11.3 Å². The Morgan fingerprint density at radius 2 is 2.27 bits per heavy atom. The molecule has 2 aromatic heterocycles. The van der Waals surface area contributed by atoms with E-state index in [-0.39, 0.29) is 5.78 Å². The van der Waals surface area contributed by atoms with Crippen molar-refractivity contribution < 1.29 is 4.79 Å². The van der Waals surface area contributed by atoms with Gasteiger partial charge in [0.1, 0.15) is 0 Å². The van der Waals surface area contributed by atoms with Gasteiger partial charge in [0.05, 0.1) is 4.88 Å². The van der Waals surface area contributed by atoms with E-state index in [4.69, 9.17) is 0 Å². The van der Waals surface area contributed by atoms with Crippen molar-refractivity contribution in [2.24, 2.45) is 0 Å². The number of thiophene rings is 1. The molecule has 0 aromatic carbocycles. The first-order valence-electron chi connectivity index (χ1n) is 4.84. The van der Waals surface area contributed by atoms with Crippen LogP contribution < -0.4 is 0 Å². The number of nitrogens with zero attached hydrogens (tertiary/aromatic N) is 1. The smallest absolute Gasteiger partial charge is 0.204 e. The van der Waals surface area contributed by atoms with E-state index >= 15 is 0 Å². The first-order valence-corrected chi connectivity index (χ1v) is 5.66. The van der Waals surface area contributed by atoms with Gasteiger partial charge in [-0.15, -0.1) is 11.3 Å². The Hall–Kier alpha value is -1.48. The van der Waals surface area contributed by atoms with Gasteiger partial charge < -0.3 is 0 Å². The van der Waals surface area contributed by atoms with Crippen LogP contribution in [0, 0.1) is 0 Å². The molecule has 2 rings (SSSR count). The van der Waals surface area contributed by atoms with Crippen LogP contribution in [0.2, 0.25) is 0 Å². The van der Waals surface area contributed by atoms with Gasteiger partial charge in [0, 0.05) is 22.8 Å². The molecule has 0 amide bonds. The summed E-state index contributed by atoms with van der Waals surface area (Å²) in [5.74, 6) is 0.0628. The number of carbonyl (C=O) groups excluding carboxylic acids is 1. The number of aryl methyl sites for hydroxylation is 1. The van der Waals surface area contributed by atoms with Gasteiger partial charge in [0.25, 0.3) is 0 Å². The molecular weight excluding hydrogens is 206 g/mol. The average molecular weight is 217 g/mol. The SMILES string of the molecule is CCc1ccc(C(=O)c2cccnc2)s1. The lowest BCUT2D eigenvalue weighted by atomic mass is 10.1. The van der Waals surface area contributed by atoms with Crippen molar-refractivity contribution in [3.05, 3.63) is 52.0 Å². The fraction of sp³-hybridized carbons (Fsp3) is 0.167. The van der Waals surface area contributed by atoms with Crippen molar-refractivity contribution in [3.63, 3.8) is 0 Å². The fourth-order valence-corrected chi connectivity index (χ4v) is 2.24. The highest BCUT2D eigenvalue weighted by Crippen LogP contribution is 2.19. The van der Waals surface area contributed by atoms with Crippen LogP contribution in [0.3, 0.4) is 0 Å². The molecule has 0 saturated carbocycles. The summed E-state index contributed by atoms with van der Waals surface area (Å²) in [4.78, 5) is 17.9. The molecule has 76 valence electrons. The number of ketones is 1. The van der Waals surface area contributed by atoms with Crippen molar-refractivity contribution in [1.29, 1.82) is 0 Å². The van der Waals surface area contributed by atoms with Gasteiger partial charge >= 0.3 is 0 Å². The summed E-state index contributed by atoms with van der Waals surface area (Å²) in [6, 6.07) is 7.47. The predicted molar refractivity (Wildman–Crippen MR) is 61.4 cm³/mol. The van der Waals surface area contributed by atoms with Crippen LogP contribution >= 0.6 is 11.3 Å². The molecule has 0 fully saturated rings. The zero-order valence-electron chi connectivity index (χ0n) is 8.43. The highest BCUT2D eigenvalue weighted by Gasteiger charge is 2.10. The second-order valence-corrected chi connectivity index (χ2v) is 4.36. The van der Waals surface area contributed by atoms with Crippen LogP contribution in [0.15, 0.2) is 36.7 Å². The third kappa shape index (κ3) is 2.13. The van der Waals surface area contributed by atoms with Gasteiger partial charge in [0.2, 0.25) is 5.78 Å². The molecular formula is C12H11NOS. The molecule has 0 saturated heterocycles. The largest absolute Gasteiger partial charge is 0.288 e. The normalized spacial score (nSPS) is 10.2. The number of hydrogen-bond donors (Lipinski definition) is 0. The summed E-state index contributed by atoms with van der Waals surface area (Å²) < 4.78 is 0. The van der Waals surface area contributed by atoms with E-state index < -0.39 is 0 Å². The topological polar surface area (TPSA) is 30.0 Å². The minimum Gasteiger partial charge on any atom is -0.288 e. The molecule has 2 aromatic rings. The number of hydrogen-bond acceptors (Lipinski definition) is 3. The van der Waals surface area contributed by atoms with Crippen molar-refractivity contribution in [3.8, 4) is 0 Å². The van der Waals surface area contributed by atoms with Crippen molar-refractivity contribution >= 4 is 17.1 Å². The Balaban J connectivity index is 2.29. The lowest BCUT2D eigenvalue weighted by Crippen LogP contribution is -1.98. The van der Waals surface area contributed by atoms with Gasteiger partial charge in [-0.1, -0.05) is 6.92 Å². The van der Waals surface area contributed by atoms with Crippen LogP contribution in [0.1, 0.15) is 27.0 Å². The minimum absolute atomic E-state index is 0.0628. The standard InChI is InChI=1S/C12H11NOS/c1-2-10-5-6-11(15-10)12(14)9-4-3-7-13-8-9/h3-8H,2H2,1H3. The summed E-state index contributed by atoms with van der Waals surface area (Å²) >= 11 is 1.56. The quantitative estimate of drug-likeness (QED) is 0.740. The first kappa shape index (κ1) is 10.1. The molecule has 2 heterocycles. The highest BCUT2D eigenvalue weighted by molar-refractivity contribution is 7.14. The summed E-state index contributed by atoms with van der Waals surface area (Å²) in [6.07, 6.45) is 4.25. The number of carbonyl (C=O) groups is 1. The van der Waals surface area contributed by atoms with E-state index in [1.54, 1.807) is 35.9 Å². The molecule has 2 nitrogen and oxygen atoms in total. The monoisotopic (exact) mass is 217 g/mol. The number of rotatable bonds is 3. The van der Waals surface area contributed by atoms with Gasteiger partial charge in [0.15, 0.2) is 0 Å². The maximum atomic E-state index is 11.9. The molecule has 0 atom stereocenters. The predicted octanol–water partition coefficient (Wildman–Crippen LogP) is 2.94. The lowest BCUT2D eigenvalue weighted by molar-refractivity contribution is 0.104. The molecule has 0 unspecified atom stereocenters. The lowest BCUT2D eigenvalue weighted by Gasteiger charge is -1.95. The molecule has 0 spiro atoms. The van der Waals surface area contributed by atoms with E-state index in [2.05, 4.69) is 11.9 Å². The first-order chi connectivity index (χ1) is 7.31. The van der Waals surface area contributed by atoms with E-state index in [0.29, 0.717) is 5.56 Å². The maximum absolute atomic E-state index is 11.9. The third-order valence-electron chi connectivity index (χ3n) is 2.16. The van der Waals surface area contributed by atoms with Crippen molar-refractivity contribution in [2.45, 2.75) is 13.3 Å². The van der Waals surface area contributed by atoms with Crippen LogP contribution in [-0.2, 0) is 6.42 Å². The Kier molecular flexibility index (Phi) is 2.92. The zero-order valence-corrected chi connectivity index (χ0v) is 9.25. The van der Waals surface area contributed by atoms with Gasteiger partial charge in [-0.05, 0) is 30.7 Å². The van der Waals surface area contributed by atoms with E-state index in [1.165, 1.54) is 4.88 Å². The summed E-state index contributed by atoms with van der Waals surface area (Å²) in [5, 5.41) is 0. The van der Waals surface area contributed by atoms with Crippen LogP contribution in [0.25, 0.3) is 0 Å². The van der Waals surface area contributed by atoms with Crippen molar-refractivity contribution in [1.82, 2.24) is 4.98 Å². The molecule has 0 aliphatic heterocycles. The van der Waals surface area contributed by atoms with Gasteiger partial charge in [-0.2, -0.15) is 0 Å². The second kappa shape index (κ2) is 4.36. The molecule has 0 radical (unpaired) electrons. The second-order valence-electron chi connectivity index (χ2n) is 3.19. The fourth-order valence-electron chi connectivity index (χ4n) is 1.33. The summed E-state index contributed by atoms with van der Waals surface area (Å²) in [7, 11) is 0. The highest BCUT2D eigenvalue weighted by atomic mass is 32.1. The van der Waals surface area contributed by atoms with Gasteiger partial charge in [-0.3, -0.25) is 9.78 Å². The van der Waals surface area contributed by atoms with Crippen molar-refractivity contribution in [2.75, 3.05) is 0 Å².